The monoisotopic (exact) mass is 347 g/mol. The summed E-state index contributed by atoms with van der Waals surface area (Å²) in [6.45, 7) is 0. The van der Waals surface area contributed by atoms with Crippen LogP contribution in [0.15, 0.2) is 54.7 Å². The third kappa shape index (κ3) is 2.51. The van der Waals surface area contributed by atoms with Gasteiger partial charge in [-0.2, -0.15) is 0 Å². The van der Waals surface area contributed by atoms with Crippen LogP contribution in [0.25, 0.3) is 10.9 Å². The van der Waals surface area contributed by atoms with Gasteiger partial charge in [0, 0.05) is 27.5 Å². The highest BCUT2D eigenvalue weighted by Crippen LogP contribution is 2.34. The van der Waals surface area contributed by atoms with Gasteiger partial charge in [-0.15, -0.1) is 0 Å². The number of halogens is 2. The Morgan fingerprint density at radius 2 is 1.75 bits per heavy atom. The highest BCUT2D eigenvalue weighted by atomic mass is 79.9. The van der Waals surface area contributed by atoms with E-state index < -0.39 is 0 Å². The molecule has 0 radical (unpaired) electrons. The van der Waals surface area contributed by atoms with Crippen LogP contribution in [0.2, 0.25) is 5.02 Å². The van der Waals surface area contributed by atoms with Crippen molar-refractivity contribution in [1.29, 1.82) is 0 Å². The van der Waals surface area contributed by atoms with Gasteiger partial charge in [0.05, 0.1) is 0 Å². The van der Waals surface area contributed by atoms with Crippen LogP contribution in [0.1, 0.15) is 5.56 Å². The highest BCUT2D eigenvalue weighted by molar-refractivity contribution is 9.08. The maximum atomic E-state index is 6.19. The van der Waals surface area contributed by atoms with Crippen LogP contribution >= 0.6 is 27.5 Å². The molecule has 0 spiro atoms. The average Bonchev–Trinajstić information content (AvgIpc) is 2.48. The standard InChI is InChI=1S/C16H11BrClNO/c17-10-12-13(18)6-2-7-14(12)20-15-8-1-4-11-5-3-9-19-16(11)15/h1-9H,10H2. The van der Waals surface area contributed by atoms with Gasteiger partial charge in [0.15, 0.2) is 5.75 Å². The SMILES string of the molecule is Clc1cccc(Oc2cccc3cccnc23)c1CBr. The molecule has 3 aromatic rings. The predicted molar refractivity (Wildman–Crippen MR) is 85.9 cm³/mol. The third-order valence-corrected chi connectivity index (χ3v) is 3.94. The number of nitrogens with zero attached hydrogens (tertiary/aromatic N) is 1. The Morgan fingerprint density at radius 3 is 2.60 bits per heavy atom. The van der Waals surface area contributed by atoms with Crippen LogP contribution in [0.3, 0.4) is 0 Å². The maximum Gasteiger partial charge on any atom is 0.153 e. The van der Waals surface area contributed by atoms with Crippen LogP contribution in [-0.2, 0) is 5.33 Å². The zero-order valence-corrected chi connectivity index (χ0v) is 12.9. The van der Waals surface area contributed by atoms with Crippen molar-refractivity contribution in [2.45, 2.75) is 5.33 Å². The Labute approximate surface area is 130 Å². The van der Waals surface area contributed by atoms with Crippen molar-refractivity contribution < 1.29 is 4.74 Å². The van der Waals surface area contributed by atoms with Crippen molar-refractivity contribution in [2.75, 3.05) is 0 Å². The molecule has 0 amide bonds. The first-order valence-electron chi connectivity index (χ1n) is 6.14. The Morgan fingerprint density at radius 1 is 1.00 bits per heavy atom. The fourth-order valence-corrected chi connectivity index (χ4v) is 3.01. The number of fused-ring (bicyclic) bond motifs is 1. The van der Waals surface area contributed by atoms with Gasteiger partial charge in [0.25, 0.3) is 0 Å². The van der Waals surface area contributed by atoms with E-state index in [-0.39, 0.29) is 0 Å². The Hall–Kier alpha value is -1.58. The number of benzene rings is 2. The molecule has 0 N–H and O–H groups in total. The van der Waals surface area contributed by atoms with Gasteiger partial charge in [0.1, 0.15) is 11.3 Å². The summed E-state index contributed by atoms with van der Waals surface area (Å²) in [6, 6.07) is 15.4. The minimum atomic E-state index is 0.639. The molecule has 0 aliphatic heterocycles. The smallest absolute Gasteiger partial charge is 0.153 e. The zero-order chi connectivity index (χ0) is 13.9. The first kappa shape index (κ1) is 13.4. The Kier molecular flexibility index (Phi) is 3.90. The molecule has 4 heteroatoms. The number of alkyl halides is 1. The number of rotatable bonds is 3. The van der Waals surface area contributed by atoms with Gasteiger partial charge < -0.3 is 4.74 Å². The summed E-state index contributed by atoms with van der Waals surface area (Å²) in [5.74, 6) is 1.47. The van der Waals surface area contributed by atoms with Crippen molar-refractivity contribution in [2.24, 2.45) is 0 Å². The number of hydrogen-bond acceptors (Lipinski definition) is 2. The molecule has 2 nitrogen and oxygen atoms in total. The summed E-state index contributed by atoms with van der Waals surface area (Å²) in [5.41, 5.74) is 1.78. The van der Waals surface area contributed by atoms with Gasteiger partial charge in [0.2, 0.25) is 0 Å². The Bertz CT molecular complexity index is 755. The lowest BCUT2D eigenvalue weighted by Crippen LogP contribution is -1.92. The molecule has 2 aromatic carbocycles. The van der Waals surface area contributed by atoms with Crippen molar-refractivity contribution in [3.63, 3.8) is 0 Å². The summed E-state index contributed by atoms with van der Waals surface area (Å²) in [5, 5.41) is 2.38. The van der Waals surface area contributed by atoms with Crippen molar-refractivity contribution in [1.82, 2.24) is 4.98 Å². The molecule has 1 aromatic heterocycles. The molecule has 0 bridgehead atoms. The molecule has 100 valence electrons. The number of pyridine rings is 1. The first-order chi connectivity index (χ1) is 9.79. The Balaban J connectivity index is 2.08. The van der Waals surface area contributed by atoms with Crippen molar-refractivity contribution in [3.05, 3.63) is 65.3 Å². The summed E-state index contributed by atoms with van der Waals surface area (Å²) in [7, 11) is 0. The van der Waals surface area contributed by atoms with E-state index in [1.165, 1.54) is 0 Å². The van der Waals surface area contributed by atoms with Gasteiger partial charge >= 0.3 is 0 Å². The van der Waals surface area contributed by atoms with Crippen LogP contribution in [0, 0.1) is 0 Å². The average molecular weight is 349 g/mol. The molecule has 0 fully saturated rings. The van der Waals surface area contributed by atoms with Crippen LogP contribution in [-0.4, -0.2) is 4.98 Å². The minimum Gasteiger partial charge on any atom is -0.455 e. The minimum absolute atomic E-state index is 0.639. The molecule has 0 aliphatic rings. The van der Waals surface area contributed by atoms with E-state index in [1.54, 1.807) is 6.20 Å². The summed E-state index contributed by atoms with van der Waals surface area (Å²) in [4.78, 5) is 4.39. The molecule has 0 atom stereocenters. The second kappa shape index (κ2) is 5.81. The predicted octanol–water partition coefficient (Wildman–Crippen LogP) is 5.58. The molecule has 0 aliphatic carbocycles. The summed E-state index contributed by atoms with van der Waals surface area (Å²) >= 11 is 9.63. The van der Waals surface area contributed by atoms with E-state index in [4.69, 9.17) is 16.3 Å². The quantitative estimate of drug-likeness (QED) is 0.577. The van der Waals surface area contributed by atoms with Gasteiger partial charge in [-0.1, -0.05) is 51.8 Å². The lowest BCUT2D eigenvalue weighted by molar-refractivity contribution is 0.483. The molecule has 0 unspecified atom stereocenters. The largest absolute Gasteiger partial charge is 0.455 e. The van der Waals surface area contributed by atoms with Crippen LogP contribution in [0.5, 0.6) is 11.5 Å². The zero-order valence-electron chi connectivity index (χ0n) is 10.5. The van der Waals surface area contributed by atoms with Crippen molar-refractivity contribution >= 4 is 38.4 Å². The second-order valence-corrected chi connectivity index (χ2v) is 5.25. The number of ether oxygens (including phenoxy) is 1. The lowest BCUT2D eigenvalue weighted by Gasteiger charge is -2.12. The summed E-state index contributed by atoms with van der Waals surface area (Å²) in [6.07, 6.45) is 1.76. The molecule has 20 heavy (non-hydrogen) atoms. The van der Waals surface area contributed by atoms with Gasteiger partial charge in [-0.25, -0.2) is 0 Å². The second-order valence-electron chi connectivity index (χ2n) is 4.28. The number of aromatic nitrogens is 1. The van der Waals surface area contributed by atoms with E-state index in [2.05, 4.69) is 20.9 Å². The van der Waals surface area contributed by atoms with Gasteiger partial charge in [-0.3, -0.25) is 4.98 Å². The molecule has 3 rings (SSSR count). The first-order valence-corrected chi connectivity index (χ1v) is 7.64. The van der Waals surface area contributed by atoms with Gasteiger partial charge in [-0.05, 0) is 24.3 Å². The normalized spacial score (nSPS) is 10.7. The maximum absolute atomic E-state index is 6.19. The van der Waals surface area contributed by atoms with E-state index in [0.29, 0.717) is 10.4 Å². The van der Waals surface area contributed by atoms with E-state index in [1.807, 2.05) is 48.5 Å². The number of para-hydroxylation sites is 1. The fourth-order valence-electron chi connectivity index (χ4n) is 2.04. The van der Waals surface area contributed by atoms with Crippen LogP contribution in [0.4, 0.5) is 0 Å². The molecular weight excluding hydrogens is 338 g/mol. The molecular formula is C16H11BrClNO. The third-order valence-electron chi connectivity index (χ3n) is 3.03. The molecule has 0 saturated heterocycles. The summed E-state index contributed by atoms with van der Waals surface area (Å²) < 4.78 is 6.02. The fraction of sp³-hybridized carbons (Fsp3) is 0.0625. The van der Waals surface area contributed by atoms with E-state index >= 15 is 0 Å². The van der Waals surface area contributed by atoms with Crippen LogP contribution < -0.4 is 4.74 Å². The van der Waals surface area contributed by atoms with E-state index in [0.717, 1.165) is 28.0 Å². The molecule has 1 heterocycles. The number of hydrogen-bond donors (Lipinski definition) is 0. The lowest BCUT2D eigenvalue weighted by atomic mass is 10.2. The van der Waals surface area contributed by atoms with Crippen molar-refractivity contribution in [3.8, 4) is 11.5 Å². The topological polar surface area (TPSA) is 22.1 Å². The molecule has 0 saturated carbocycles. The van der Waals surface area contributed by atoms with E-state index in [9.17, 15) is 0 Å². The highest BCUT2D eigenvalue weighted by Gasteiger charge is 2.10.